The molecule has 0 spiro atoms. The highest BCUT2D eigenvalue weighted by Crippen LogP contribution is 2.33. The molecule has 0 aliphatic carbocycles. The molecule has 1 aromatic heterocycles. The number of nitrogens with one attached hydrogen (secondary N) is 1. The van der Waals surface area contributed by atoms with Crippen molar-refractivity contribution in [1.29, 1.82) is 0 Å². The van der Waals surface area contributed by atoms with Crippen LogP contribution in [0, 0.1) is 6.92 Å². The molecule has 0 aliphatic heterocycles. The lowest BCUT2D eigenvalue weighted by atomic mass is 10.1. The van der Waals surface area contributed by atoms with Gasteiger partial charge >= 0.3 is 6.18 Å². The highest BCUT2D eigenvalue weighted by molar-refractivity contribution is 7.89. The number of hydrogen-bond donors (Lipinski definition) is 1. The molecule has 0 aliphatic rings. The van der Waals surface area contributed by atoms with E-state index in [1.165, 1.54) is 12.1 Å². The maximum Gasteiger partial charge on any atom is 0.435 e. The predicted molar refractivity (Wildman–Crippen MR) is 105 cm³/mol. The van der Waals surface area contributed by atoms with Gasteiger partial charge in [-0.1, -0.05) is 29.8 Å². The largest absolute Gasteiger partial charge is 0.435 e. The Kier molecular flexibility index (Phi) is 5.94. The number of aryl methyl sites for hydroxylation is 1. The molecule has 0 saturated carbocycles. The summed E-state index contributed by atoms with van der Waals surface area (Å²) in [6.07, 6.45) is -4.68. The van der Waals surface area contributed by atoms with Crippen molar-refractivity contribution in [3.63, 3.8) is 0 Å². The first-order chi connectivity index (χ1) is 14.3. The van der Waals surface area contributed by atoms with E-state index < -0.39 is 34.4 Å². The summed E-state index contributed by atoms with van der Waals surface area (Å²) in [4.78, 5) is -0.305. The Balaban J connectivity index is 2.00. The van der Waals surface area contributed by atoms with E-state index in [2.05, 4.69) is 5.10 Å². The van der Waals surface area contributed by atoms with Gasteiger partial charge in [-0.05, 0) is 37.3 Å². The number of rotatable bonds is 6. The van der Waals surface area contributed by atoms with E-state index in [1.54, 1.807) is 29.0 Å². The van der Waals surface area contributed by atoms with Crippen LogP contribution in [0.25, 0.3) is 16.9 Å². The Hall–Kier alpha value is -2.79. The zero-order valence-corrected chi connectivity index (χ0v) is 17.2. The predicted octanol–water partition coefficient (Wildman–Crippen LogP) is 4.80. The number of hydrogen-bond acceptors (Lipinski definition) is 3. The third kappa shape index (κ3) is 5.47. The minimum Gasteiger partial charge on any atom is -0.233 e. The number of halogens is 5. The van der Waals surface area contributed by atoms with E-state index >= 15 is 0 Å². The second-order valence-corrected chi connectivity index (χ2v) is 8.85. The van der Waals surface area contributed by atoms with Crippen molar-refractivity contribution < 1.29 is 30.4 Å². The molecule has 2 aromatic carbocycles. The van der Waals surface area contributed by atoms with Crippen LogP contribution in [0.5, 0.6) is 0 Å². The van der Waals surface area contributed by atoms with Crippen molar-refractivity contribution in [1.82, 2.24) is 14.5 Å². The summed E-state index contributed by atoms with van der Waals surface area (Å²) in [7, 11) is -4.22. The molecule has 3 rings (SSSR count). The zero-order valence-electron chi connectivity index (χ0n) is 16.4. The van der Waals surface area contributed by atoms with Crippen molar-refractivity contribution in [2.75, 3.05) is 6.54 Å². The lowest BCUT2D eigenvalue weighted by Crippen LogP contribution is -2.34. The van der Waals surface area contributed by atoms with Gasteiger partial charge in [0, 0.05) is 12.5 Å². The standard InChI is InChI=1S/C20H18F5N3O2S/c1-13-3-5-14(6-4-13)17-11-18(20(23,24)25)27-28(17)15-7-9-16(10-8-15)31(29,30)26-12-19(2,21)22/h3-11,26H,12H2,1-2H3. The molecule has 31 heavy (non-hydrogen) atoms. The molecular formula is C20H18F5N3O2S. The van der Waals surface area contributed by atoms with Crippen molar-refractivity contribution in [2.45, 2.75) is 30.8 Å². The molecule has 0 atom stereocenters. The number of nitrogens with zero attached hydrogens (tertiary/aromatic N) is 2. The van der Waals surface area contributed by atoms with Gasteiger partial charge in [0.2, 0.25) is 10.0 Å². The van der Waals surface area contributed by atoms with Gasteiger partial charge in [-0.15, -0.1) is 0 Å². The summed E-state index contributed by atoms with van der Waals surface area (Å²) in [6.45, 7) is 1.33. The Morgan fingerprint density at radius 2 is 1.55 bits per heavy atom. The molecule has 0 saturated heterocycles. The van der Waals surface area contributed by atoms with E-state index in [-0.39, 0.29) is 16.3 Å². The molecular weight excluding hydrogens is 441 g/mol. The first kappa shape index (κ1) is 22.9. The Labute approximate surface area is 175 Å². The molecule has 0 bridgehead atoms. The van der Waals surface area contributed by atoms with Crippen LogP contribution in [0.3, 0.4) is 0 Å². The second-order valence-electron chi connectivity index (χ2n) is 7.08. The Morgan fingerprint density at radius 3 is 2.06 bits per heavy atom. The first-order valence-corrected chi connectivity index (χ1v) is 10.5. The maximum absolute atomic E-state index is 13.3. The molecule has 0 fully saturated rings. The van der Waals surface area contributed by atoms with Gasteiger partial charge < -0.3 is 0 Å². The molecule has 0 amide bonds. The molecule has 166 valence electrons. The summed E-state index contributed by atoms with van der Waals surface area (Å²) in [5, 5.41) is 3.64. The average Bonchev–Trinajstić information content (AvgIpc) is 3.13. The van der Waals surface area contributed by atoms with Crippen LogP contribution in [0.15, 0.2) is 59.5 Å². The van der Waals surface area contributed by atoms with Gasteiger partial charge in [0.25, 0.3) is 5.92 Å². The van der Waals surface area contributed by atoms with Crippen molar-refractivity contribution in [3.8, 4) is 16.9 Å². The number of alkyl halides is 5. The Morgan fingerprint density at radius 1 is 0.968 bits per heavy atom. The van der Waals surface area contributed by atoms with Gasteiger partial charge in [-0.3, -0.25) is 0 Å². The second kappa shape index (κ2) is 8.04. The summed E-state index contributed by atoms with van der Waals surface area (Å²) < 4.78 is 92.8. The Bertz CT molecular complexity index is 1160. The van der Waals surface area contributed by atoms with E-state index in [9.17, 15) is 30.4 Å². The normalized spacial score (nSPS) is 12.9. The van der Waals surface area contributed by atoms with E-state index in [1.807, 2.05) is 6.92 Å². The van der Waals surface area contributed by atoms with Crippen LogP contribution in [0.4, 0.5) is 22.0 Å². The van der Waals surface area contributed by atoms with Crippen LogP contribution >= 0.6 is 0 Å². The maximum atomic E-state index is 13.3. The van der Waals surface area contributed by atoms with E-state index in [0.29, 0.717) is 12.5 Å². The molecule has 5 nitrogen and oxygen atoms in total. The summed E-state index contributed by atoms with van der Waals surface area (Å²) >= 11 is 0. The number of benzene rings is 2. The minimum absolute atomic E-state index is 0.159. The fourth-order valence-electron chi connectivity index (χ4n) is 2.72. The lowest BCUT2D eigenvalue weighted by Gasteiger charge is -2.13. The zero-order chi connectivity index (χ0) is 23.0. The van der Waals surface area contributed by atoms with E-state index in [4.69, 9.17) is 0 Å². The molecule has 3 aromatic rings. The van der Waals surface area contributed by atoms with Gasteiger partial charge in [-0.2, -0.15) is 18.3 Å². The van der Waals surface area contributed by atoms with Gasteiger partial charge in [0.1, 0.15) is 0 Å². The highest BCUT2D eigenvalue weighted by Gasteiger charge is 2.35. The highest BCUT2D eigenvalue weighted by atomic mass is 32.2. The molecule has 1 N–H and O–H groups in total. The van der Waals surface area contributed by atoms with Crippen LogP contribution < -0.4 is 4.72 Å². The van der Waals surface area contributed by atoms with Crippen molar-refractivity contribution in [3.05, 3.63) is 65.9 Å². The third-order valence-corrected chi connectivity index (χ3v) is 5.73. The third-order valence-electron chi connectivity index (χ3n) is 4.31. The van der Waals surface area contributed by atoms with E-state index in [0.717, 1.165) is 28.4 Å². The fourth-order valence-corrected chi connectivity index (χ4v) is 3.82. The van der Waals surface area contributed by atoms with Crippen LogP contribution in [0.1, 0.15) is 18.2 Å². The monoisotopic (exact) mass is 459 g/mol. The van der Waals surface area contributed by atoms with Crippen LogP contribution in [0.2, 0.25) is 0 Å². The van der Waals surface area contributed by atoms with Gasteiger partial charge in [-0.25, -0.2) is 26.6 Å². The smallest absolute Gasteiger partial charge is 0.233 e. The minimum atomic E-state index is -4.68. The topological polar surface area (TPSA) is 64.0 Å². The van der Waals surface area contributed by atoms with Gasteiger partial charge in [0.05, 0.1) is 22.8 Å². The quantitative estimate of drug-likeness (QED) is 0.539. The number of aromatic nitrogens is 2. The summed E-state index contributed by atoms with van der Waals surface area (Å²) in [5.41, 5.74) is 0.631. The fraction of sp³-hybridized carbons (Fsp3) is 0.250. The molecule has 0 radical (unpaired) electrons. The SMILES string of the molecule is Cc1ccc(-c2cc(C(F)(F)F)nn2-c2ccc(S(=O)(=O)NCC(C)(F)F)cc2)cc1. The van der Waals surface area contributed by atoms with Crippen molar-refractivity contribution in [2.24, 2.45) is 0 Å². The molecule has 0 unspecified atom stereocenters. The first-order valence-electron chi connectivity index (χ1n) is 8.98. The lowest BCUT2D eigenvalue weighted by molar-refractivity contribution is -0.141. The molecule has 11 heteroatoms. The van der Waals surface area contributed by atoms with Crippen LogP contribution in [-0.2, 0) is 16.2 Å². The average molecular weight is 459 g/mol. The molecule has 1 heterocycles. The summed E-state index contributed by atoms with van der Waals surface area (Å²) in [6, 6.07) is 12.4. The van der Waals surface area contributed by atoms with Crippen LogP contribution in [-0.4, -0.2) is 30.7 Å². The van der Waals surface area contributed by atoms with Crippen molar-refractivity contribution >= 4 is 10.0 Å². The van der Waals surface area contributed by atoms with Gasteiger partial charge in [0.15, 0.2) is 5.69 Å². The summed E-state index contributed by atoms with van der Waals surface area (Å²) in [5.74, 6) is -3.24. The number of sulfonamides is 1.